The number of amides is 2. The predicted molar refractivity (Wildman–Crippen MR) is 97.0 cm³/mol. The SMILES string of the molecule is COc1ccc(SCC(=O)NNC(=O)COc2ccccc2Cl)cc1. The maximum Gasteiger partial charge on any atom is 0.276 e. The highest BCUT2D eigenvalue weighted by Crippen LogP contribution is 2.23. The lowest BCUT2D eigenvalue weighted by atomic mass is 10.3. The molecule has 0 aliphatic heterocycles. The molecule has 2 rings (SSSR count). The number of methoxy groups -OCH3 is 1. The van der Waals surface area contributed by atoms with Crippen molar-refractivity contribution in [3.05, 3.63) is 53.6 Å². The quantitative estimate of drug-likeness (QED) is 0.570. The van der Waals surface area contributed by atoms with Gasteiger partial charge in [-0.3, -0.25) is 20.4 Å². The third-order valence-electron chi connectivity index (χ3n) is 2.97. The van der Waals surface area contributed by atoms with Crippen molar-refractivity contribution >= 4 is 35.2 Å². The van der Waals surface area contributed by atoms with Gasteiger partial charge in [-0.25, -0.2) is 0 Å². The molecule has 0 aliphatic rings. The molecule has 0 spiro atoms. The highest BCUT2D eigenvalue weighted by molar-refractivity contribution is 8.00. The van der Waals surface area contributed by atoms with Gasteiger partial charge in [0.15, 0.2) is 6.61 Å². The van der Waals surface area contributed by atoms with Crippen LogP contribution in [0.5, 0.6) is 11.5 Å². The van der Waals surface area contributed by atoms with Crippen molar-refractivity contribution in [2.45, 2.75) is 4.90 Å². The van der Waals surface area contributed by atoms with Gasteiger partial charge in [-0.1, -0.05) is 23.7 Å². The van der Waals surface area contributed by atoms with Crippen LogP contribution < -0.4 is 20.3 Å². The average molecular weight is 381 g/mol. The van der Waals surface area contributed by atoms with E-state index in [4.69, 9.17) is 21.1 Å². The minimum Gasteiger partial charge on any atom is -0.497 e. The van der Waals surface area contributed by atoms with Crippen molar-refractivity contribution in [3.63, 3.8) is 0 Å². The molecule has 0 aromatic heterocycles. The molecule has 0 atom stereocenters. The largest absolute Gasteiger partial charge is 0.497 e. The number of hydrogen-bond donors (Lipinski definition) is 2. The summed E-state index contributed by atoms with van der Waals surface area (Å²) in [6.07, 6.45) is 0. The molecular formula is C17H17ClN2O4S. The molecular weight excluding hydrogens is 364 g/mol. The van der Waals surface area contributed by atoms with Crippen LogP contribution in [0.3, 0.4) is 0 Å². The standard InChI is InChI=1S/C17H17ClN2O4S/c1-23-12-6-8-13(9-7-12)25-11-17(22)20-19-16(21)10-24-15-5-3-2-4-14(15)18/h2-9H,10-11H2,1H3,(H,19,21)(H,20,22). The van der Waals surface area contributed by atoms with Crippen LogP contribution >= 0.6 is 23.4 Å². The second-order valence-electron chi connectivity index (χ2n) is 4.78. The summed E-state index contributed by atoms with van der Waals surface area (Å²) in [4.78, 5) is 24.3. The van der Waals surface area contributed by atoms with Gasteiger partial charge in [0.25, 0.3) is 5.91 Å². The number of ether oxygens (including phenoxy) is 2. The molecule has 0 bridgehead atoms. The molecule has 25 heavy (non-hydrogen) atoms. The van der Waals surface area contributed by atoms with Crippen molar-refractivity contribution in [2.24, 2.45) is 0 Å². The van der Waals surface area contributed by atoms with Gasteiger partial charge >= 0.3 is 0 Å². The normalized spacial score (nSPS) is 10.0. The Morgan fingerprint density at radius 3 is 2.40 bits per heavy atom. The van der Waals surface area contributed by atoms with Gasteiger partial charge in [-0.2, -0.15) is 0 Å². The molecule has 2 amide bonds. The molecule has 2 N–H and O–H groups in total. The summed E-state index contributed by atoms with van der Waals surface area (Å²) in [5.74, 6) is 0.507. The summed E-state index contributed by atoms with van der Waals surface area (Å²) in [7, 11) is 1.59. The summed E-state index contributed by atoms with van der Waals surface area (Å²) >= 11 is 7.26. The number of nitrogens with one attached hydrogen (secondary N) is 2. The van der Waals surface area contributed by atoms with Crippen LogP contribution in [0.25, 0.3) is 0 Å². The van der Waals surface area contributed by atoms with E-state index in [-0.39, 0.29) is 18.3 Å². The van der Waals surface area contributed by atoms with Crippen molar-refractivity contribution in [2.75, 3.05) is 19.5 Å². The van der Waals surface area contributed by atoms with E-state index in [1.165, 1.54) is 11.8 Å². The van der Waals surface area contributed by atoms with Crippen molar-refractivity contribution < 1.29 is 19.1 Å². The second kappa shape index (κ2) is 9.80. The summed E-state index contributed by atoms with van der Waals surface area (Å²) in [5.41, 5.74) is 4.62. The van der Waals surface area contributed by atoms with E-state index in [0.29, 0.717) is 10.8 Å². The maximum absolute atomic E-state index is 11.7. The van der Waals surface area contributed by atoms with Gasteiger partial charge in [-0.15, -0.1) is 11.8 Å². The summed E-state index contributed by atoms with van der Waals surface area (Å²) in [5, 5.41) is 0.412. The number of halogens is 1. The third-order valence-corrected chi connectivity index (χ3v) is 4.29. The average Bonchev–Trinajstić information content (AvgIpc) is 2.64. The third kappa shape index (κ3) is 6.56. The minimum absolute atomic E-state index is 0.165. The molecule has 2 aromatic rings. The topological polar surface area (TPSA) is 76.7 Å². The van der Waals surface area contributed by atoms with E-state index >= 15 is 0 Å². The molecule has 0 aliphatic carbocycles. The molecule has 0 fully saturated rings. The lowest BCUT2D eigenvalue weighted by molar-refractivity contribution is -0.128. The van der Waals surface area contributed by atoms with Crippen molar-refractivity contribution in [3.8, 4) is 11.5 Å². The first kappa shape index (κ1) is 19.0. The minimum atomic E-state index is -0.484. The zero-order chi connectivity index (χ0) is 18.1. The Labute approximate surface area is 154 Å². The number of rotatable bonds is 7. The monoisotopic (exact) mass is 380 g/mol. The van der Waals surface area contributed by atoms with Gasteiger partial charge in [0.05, 0.1) is 17.9 Å². The van der Waals surface area contributed by atoms with Crippen LogP contribution in [0.4, 0.5) is 0 Å². The van der Waals surface area contributed by atoms with Crippen molar-refractivity contribution in [1.29, 1.82) is 0 Å². The van der Waals surface area contributed by atoms with Gasteiger partial charge in [0, 0.05) is 4.90 Å². The van der Waals surface area contributed by atoms with Gasteiger partial charge in [0.1, 0.15) is 11.5 Å². The Kier molecular flexibility index (Phi) is 7.43. The smallest absolute Gasteiger partial charge is 0.276 e. The number of carbonyl (C=O) groups excluding carboxylic acids is 2. The van der Waals surface area contributed by atoms with Crippen LogP contribution in [-0.2, 0) is 9.59 Å². The molecule has 0 radical (unpaired) electrons. The molecule has 132 valence electrons. The Morgan fingerprint density at radius 2 is 1.72 bits per heavy atom. The predicted octanol–water partition coefficient (Wildman–Crippen LogP) is 2.67. The molecule has 6 nitrogen and oxygen atoms in total. The highest BCUT2D eigenvalue weighted by Gasteiger charge is 2.08. The van der Waals surface area contributed by atoms with E-state index in [1.54, 1.807) is 31.4 Å². The first-order valence-corrected chi connectivity index (χ1v) is 8.66. The lowest BCUT2D eigenvalue weighted by Crippen LogP contribution is -2.44. The Hall–Kier alpha value is -2.38. The Morgan fingerprint density at radius 1 is 1.04 bits per heavy atom. The first-order chi connectivity index (χ1) is 12.1. The van der Waals surface area contributed by atoms with Crippen LogP contribution in [0, 0.1) is 0 Å². The first-order valence-electron chi connectivity index (χ1n) is 7.30. The fraction of sp³-hybridized carbons (Fsp3) is 0.176. The Bertz CT molecular complexity index is 725. The van der Waals surface area contributed by atoms with E-state index < -0.39 is 5.91 Å². The molecule has 8 heteroatoms. The zero-order valence-corrected chi connectivity index (χ0v) is 15.0. The van der Waals surface area contributed by atoms with E-state index in [2.05, 4.69) is 10.9 Å². The summed E-state index contributed by atoms with van der Waals surface area (Å²) < 4.78 is 10.3. The van der Waals surface area contributed by atoms with Gasteiger partial charge in [0.2, 0.25) is 5.91 Å². The van der Waals surface area contributed by atoms with E-state index in [0.717, 1.165) is 10.6 Å². The number of benzene rings is 2. The van der Waals surface area contributed by atoms with Crippen molar-refractivity contribution in [1.82, 2.24) is 10.9 Å². The van der Waals surface area contributed by atoms with Crippen LogP contribution in [0.2, 0.25) is 5.02 Å². The number of hydrogen-bond acceptors (Lipinski definition) is 5. The van der Waals surface area contributed by atoms with E-state index in [9.17, 15) is 9.59 Å². The molecule has 2 aromatic carbocycles. The molecule has 0 unspecified atom stereocenters. The second-order valence-corrected chi connectivity index (χ2v) is 6.24. The fourth-order valence-electron chi connectivity index (χ4n) is 1.74. The summed E-state index contributed by atoms with van der Waals surface area (Å²) in [6, 6.07) is 14.2. The summed E-state index contributed by atoms with van der Waals surface area (Å²) in [6.45, 7) is -0.254. The van der Waals surface area contributed by atoms with Gasteiger partial charge in [-0.05, 0) is 36.4 Å². The number of carbonyl (C=O) groups is 2. The number of para-hydroxylation sites is 1. The maximum atomic E-state index is 11.7. The van der Waals surface area contributed by atoms with Gasteiger partial charge < -0.3 is 9.47 Å². The highest BCUT2D eigenvalue weighted by atomic mass is 35.5. The molecule has 0 saturated heterocycles. The van der Waals surface area contributed by atoms with Crippen LogP contribution in [0.15, 0.2) is 53.4 Å². The number of hydrazine groups is 1. The van der Waals surface area contributed by atoms with E-state index in [1.807, 2.05) is 24.3 Å². The Balaban J connectivity index is 1.66. The zero-order valence-electron chi connectivity index (χ0n) is 13.5. The lowest BCUT2D eigenvalue weighted by Gasteiger charge is -2.09. The molecule has 0 saturated carbocycles. The van der Waals surface area contributed by atoms with Crippen LogP contribution in [-0.4, -0.2) is 31.3 Å². The fourth-order valence-corrected chi connectivity index (χ4v) is 2.63. The van der Waals surface area contributed by atoms with Crippen LogP contribution in [0.1, 0.15) is 0 Å². The number of thioether (sulfide) groups is 1. The molecule has 0 heterocycles.